The van der Waals surface area contributed by atoms with Crippen LogP contribution >= 0.6 is 30.1 Å². The van der Waals surface area contributed by atoms with Crippen LogP contribution in [0.3, 0.4) is 0 Å². The van der Waals surface area contributed by atoms with Crippen LogP contribution in [0.4, 0.5) is 5.82 Å². The normalized spacial score (nSPS) is 22.4. The van der Waals surface area contributed by atoms with E-state index >= 15 is 0 Å². The van der Waals surface area contributed by atoms with Crippen molar-refractivity contribution in [2.24, 2.45) is 10.9 Å². The minimum Gasteiger partial charge on any atom is -0.374 e. The number of hydrogen-bond donors (Lipinski definition) is 1. The molecule has 2 aliphatic rings. The smallest absolute Gasteiger partial charge is 0.259 e. The van der Waals surface area contributed by atoms with Gasteiger partial charge in [0.1, 0.15) is 18.0 Å². The maximum atomic E-state index is 13.0. The zero-order valence-corrected chi connectivity index (χ0v) is 32.3. The SMILES string of the molecule is [2H]CC1OC(n2cnc3c2N=C(NC(=O)C(C)C)CC3=O)C(OC)C1OP(OCCc1ccccc1SSC(C)(C)C)N(C(C)C)C(C)C. The number of methoxy groups -OCH3 is 1. The van der Waals surface area contributed by atoms with Crippen LogP contribution in [0.2, 0.25) is 0 Å². The summed E-state index contributed by atoms with van der Waals surface area (Å²) >= 11 is 0. The number of nitrogens with one attached hydrogen (secondary N) is 1. The molecule has 5 atom stereocenters. The first kappa shape index (κ1) is 37.4. The number of ketones is 1. The molecule has 0 bridgehead atoms. The summed E-state index contributed by atoms with van der Waals surface area (Å²) < 4.78 is 38.3. The van der Waals surface area contributed by atoms with Crippen molar-refractivity contribution in [3.63, 3.8) is 0 Å². The Labute approximate surface area is 296 Å². The molecule has 1 fully saturated rings. The van der Waals surface area contributed by atoms with Crippen molar-refractivity contribution in [3.05, 3.63) is 41.9 Å². The van der Waals surface area contributed by atoms with Gasteiger partial charge in [0.25, 0.3) is 8.53 Å². The van der Waals surface area contributed by atoms with E-state index in [-0.39, 0.29) is 65.1 Å². The molecule has 2 aliphatic heterocycles. The number of Topliss-reactive ketones (excluding diaryl/α,β-unsaturated/α-hetero) is 1. The average Bonchev–Trinajstić information content (AvgIpc) is 3.60. The highest BCUT2D eigenvalue weighted by atomic mass is 33.1. The Morgan fingerprint density at radius 1 is 1.19 bits per heavy atom. The minimum absolute atomic E-state index is 0.0523. The summed E-state index contributed by atoms with van der Waals surface area (Å²) in [7, 11) is 3.60. The molecule has 0 aliphatic carbocycles. The van der Waals surface area contributed by atoms with Crippen LogP contribution in [-0.4, -0.2) is 80.6 Å². The maximum Gasteiger partial charge on any atom is 0.259 e. The summed E-state index contributed by atoms with van der Waals surface area (Å²) in [4.78, 5) is 35.6. The second-order valence-electron chi connectivity index (χ2n) is 13.7. The predicted octanol–water partition coefficient (Wildman–Crippen LogP) is 7.73. The van der Waals surface area contributed by atoms with Gasteiger partial charge >= 0.3 is 0 Å². The van der Waals surface area contributed by atoms with Crippen LogP contribution in [0.1, 0.15) is 99.3 Å². The summed E-state index contributed by atoms with van der Waals surface area (Å²) in [5, 5.41) is 2.76. The summed E-state index contributed by atoms with van der Waals surface area (Å²) in [6, 6.07) is 8.65. The van der Waals surface area contributed by atoms with Crippen molar-refractivity contribution < 1.29 is 29.5 Å². The fraction of sp³-hybridized carbons (Fsp3) is 0.647. The summed E-state index contributed by atoms with van der Waals surface area (Å²) in [6.07, 6.45) is -0.614. The van der Waals surface area contributed by atoms with Gasteiger partial charge in [-0.05, 0) is 52.6 Å². The molecule has 1 aromatic carbocycles. The topological polar surface area (TPSA) is 117 Å². The minimum atomic E-state index is -1.60. The Morgan fingerprint density at radius 3 is 2.52 bits per heavy atom. The Morgan fingerprint density at radius 2 is 1.90 bits per heavy atom. The number of benzene rings is 1. The number of amidine groups is 1. The maximum absolute atomic E-state index is 13.0. The molecule has 4 rings (SSSR count). The summed E-state index contributed by atoms with van der Waals surface area (Å²) in [5.74, 6) is -0.219. The number of carbonyl (C=O) groups excluding carboxylic acids is 2. The number of fused-ring (bicyclic) bond motifs is 1. The number of rotatable bonds is 14. The number of imidazole rings is 1. The predicted molar refractivity (Wildman–Crippen MR) is 195 cm³/mol. The monoisotopic (exact) mass is 722 g/mol. The van der Waals surface area contributed by atoms with Gasteiger partial charge in [-0.3, -0.25) is 14.2 Å². The first-order valence-corrected chi connectivity index (χ1v) is 19.7. The van der Waals surface area contributed by atoms with E-state index in [0.717, 1.165) is 0 Å². The van der Waals surface area contributed by atoms with E-state index in [1.54, 1.807) is 36.3 Å². The lowest BCUT2D eigenvalue weighted by Crippen LogP contribution is -2.39. The van der Waals surface area contributed by atoms with Crippen LogP contribution in [0, 0.1) is 5.92 Å². The van der Waals surface area contributed by atoms with Crippen LogP contribution < -0.4 is 5.32 Å². The van der Waals surface area contributed by atoms with Gasteiger partial charge in [0.05, 0.1) is 25.5 Å². The van der Waals surface area contributed by atoms with Crippen molar-refractivity contribution in [3.8, 4) is 0 Å². The Balaban J connectivity index is 1.58. The van der Waals surface area contributed by atoms with Gasteiger partial charge in [0.2, 0.25) is 5.91 Å². The lowest BCUT2D eigenvalue weighted by molar-refractivity contribution is -0.122. The first-order chi connectivity index (χ1) is 23.1. The average molecular weight is 723 g/mol. The molecular weight excluding hydrogens is 670 g/mol. The third-order valence-corrected chi connectivity index (χ3v) is 13.2. The lowest BCUT2D eigenvalue weighted by Gasteiger charge is -2.38. The standard InChI is InChI=1S/C34H52N5O6PS2/c1-20(2)32(41)37-27-18-25(40)28-31(36-27)38(19-35-28)33-30(42-11)29(23(7)44-33)45-46(39(21(3)4)22(5)6)43-17-16-24-14-12-13-15-26(24)47-48-34(8,9)10/h12-15,19-23,29-30,33H,16-18H2,1-11H3,(H,36,37,41)/i7D. The molecule has 0 spiro atoms. The Kier molecular flexibility index (Phi) is 13.2. The highest BCUT2D eigenvalue weighted by Crippen LogP contribution is 2.51. The van der Waals surface area contributed by atoms with Crippen molar-refractivity contribution >= 4 is 53.5 Å². The fourth-order valence-corrected chi connectivity index (χ4v) is 9.37. The zero-order valence-electron chi connectivity index (χ0n) is 30.8. The molecule has 2 aromatic rings. The van der Waals surface area contributed by atoms with E-state index in [1.165, 1.54) is 16.8 Å². The molecule has 0 radical (unpaired) electrons. The van der Waals surface area contributed by atoms with Gasteiger partial charge in [0, 0.05) is 36.1 Å². The van der Waals surface area contributed by atoms with Crippen molar-refractivity contribution in [1.82, 2.24) is 19.5 Å². The molecule has 3 heterocycles. The van der Waals surface area contributed by atoms with Gasteiger partial charge in [-0.25, -0.2) is 14.6 Å². The van der Waals surface area contributed by atoms with Crippen molar-refractivity contribution in [2.75, 3.05) is 13.7 Å². The number of aromatic nitrogens is 2. The van der Waals surface area contributed by atoms with E-state index in [0.29, 0.717) is 13.0 Å². The Hall–Kier alpha value is -1.83. The van der Waals surface area contributed by atoms with Crippen LogP contribution in [0.25, 0.3) is 0 Å². The van der Waals surface area contributed by atoms with Crippen molar-refractivity contribution in [2.45, 2.75) is 128 Å². The summed E-state index contributed by atoms with van der Waals surface area (Å²) in [6.45, 7) is 19.0. The van der Waals surface area contributed by atoms with E-state index in [1.807, 2.05) is 10.8 Å². The second kappa shape index (κ2) is 16.9. The molecular formula is C34H52N5O6PS2. The van der Waals surface area contributed by atoms with Gasteiger partial charge in [-0.15, -0.1) is 0 Å². The molecule has 5 unspecified atom stereocenters. The number of amides is 1. The molecule has 48 heavy (non-hydrogen) atoms. The molecule has 11 nitrogen and oxygen atoms in total. The number of aliphatic imine (C=N–C) groups is 1. The molecule has 1 aromatic heterocycles. The van der Waals surface area contributed by atoms with Crippen molar-refractivity contribution in [1.29, 1.82) is 0 Å². The molecule has 1 N–H and O–H groups in total. The molecule has 14 heteroatoms. The van der Waals surface area contributed by atoms with E-state index in [4.69, 9.17) is 19.9 Å². The number of nitrogens with zero attached hydrogens (tertiary/aromatic N) is 4. The van der Waals surface area contributed by atoms with Gasteiger partial charge in [-0.2, -0.15) is 0 Å². The molecule has 1 saturated heterocycles. The largest absolute Gasteiger partial charge is 0.374 e. The highest BCUT2D eigenvalue weighted by Gasteiger charge is 2.48. The number of hydrogen-bond acceptors (Lipinski definition) is 11. The molecule has 1 amide bonds. The van der Waals surface area contributed by atoms with Crippen LogP contribution in [0.5, 0.6) is 0 Å². The molecule has 266 valence electrons. The number of carbonyl (C=O) groups is 2. The van der Waals surface area contributed by atoms with Crippen LogP contribution in [0.15, 0.2) is 40.5 Å². The number of ether oxygens (including phenoxy) is 2. The lowest BCUT2D eigenvalue weighted by atomic mass is 10.1. The van der Waals surface area contributed by atoms with E-state index in [9.17, 15) is 9.59 Å². The Bertz CT molecular complexity index is 1460. The van der Waals surface area contributed by atoms with Crippen LogP contribution in [-0.2, 0) is 29.7 Å². The van der Waals surface area contributed by atoms with Gasteiger partial charge in [-0.1, -0.05) is 74.4 Å². The quantitative estimate of drug-likeness (QED) is 0.153. The van der Waals surface area contributed by atoms with Gasteiger partial charge in [0.15, 0.2) is 23.5 Å². The third kappa shape index (κ3) is 9.69. The fourth-order valence-electron chi connectivity index (χ4n) is 5.34. The van der Waals surface area contributed by atoms with E-state index in [2.05, 4.69) is 92.7 Å². The third-order valence-electron chi connectivity index (χ3n) is 7.61. The first-order valence-electron chi connectivity index (χ1n) is 17.1. The van der Waals surface area contributed by atoms with E-state index < -0.39 is 33.1 Å². The zero-order chi connectivity index (χ0) is 36.0. The highest BCUT2D eigenvalue weighted by molar-refractivity contribution is 8.77. The second-order valence-corrected chi connectivity index (χ2v) is 18.1. The van der Waals surface area contributed by atoms with Gasteiger partial charge < -0.3 is 23.8 Å². The molecule has 0 saturated carbocycles. The summed E-state index contributed by atoms with van der Waals surface area (Å²) in [5.41, 5.74) is 1.41.